The highest BCUT2D eigenvalue weighted by Gasteiger charge is 2.09. The summed E-state index contributed by atoms with van der Waals surface area (Å²) < 4.78 is 5.34. The first-order chi connectivity index (χ1) is 11.5. The zero-order valence-electron chi connectivity index (χ0n) is 14.0. The number of nitrogens with zero attached hydrogens (tertiary/aromatic N) is 1. The molecular weight excluding hydrogens is 312 g/mol. The molecule has 0 aromatic heterocycles. The Morgan fingerprint density at radius 2 is 1.75 bits per heavy atom. The molecule has 1 aromatic carbocycles. The first-order valence-corrected chi connectivity index (χ1v) is 8.02. The third-order valence-corrected chi connectivity index (χ3v) is 3.71. The summed E-state index contributed by atoms with van der Waals surface area (Å²) in [5, 5.41) is 18.3. The highest BCUT2D eigenvalue weighted by molar-refractivity contribution is 6.27. The van der Waals surface area contributed by atoms with E-state index in [4.69, 9.17) is 24.5 Å². The summed E-state index contributed by atoms with van der Waals surface area (Å²) in [6.45, 7) is 9.46. The van der Waals surface area contributed by atoms with Gasteiger partial charge in [0.05, 0.1) is 13.2 Å². The summed E-state index contributed by atoms with van der Waals surface area (Å²) in [7, 11) is 0. The molecule has 2 rings (SSSR count). The first kappa shape index (κ1) is 20.1. The summed E-state index contributed by atoms with van der Waals surface area (Å²) in [4.78, 5) is 20.7. The predicted molar refractivity (Wildman–Crippen MR) is 90.3 cm³/mol. The van der Waals surface area contributed by atoms with Crippen molar-refractivity contribution in [2.24, 2.45) is 0 Å². The van der Waals surface area contributed by atoms with Crippen LogP contribution in [-0.4, -0.2) is 73.0 Å². The second-order valence-electron chi connectivity index (χ2n) is 5.58. The van der Waals surface area contributed by atoms with E-state index < -0.39 is 11.9 Å². The second kappa shape index (κ2) is 11.6. The van der Waals surface area contributed by atoms with E-state index in [0.717, 1.165) is 45.9 Å². The molecule has 7 heteroatoms. The van der Waals surface area contributed by atoms with Gasteiger partial charge < -0.3 is 20.3 Å². The van der Waals surface area contributed by atoms with Crippen LogP contribution in [0.2, 0.25) is 0 Å². The lowest BCUT2D eigenvalue weighted by molar-refractivity contribution is -0.159. The van der Waals surface area contributed by atoms with Crippen LogP contribution in [0.15, 0.2) is 30.3 Å². The highest BCUT2D eigenvalue weighted by Crippen LogP contribution is 2.12. The molecule has 1 unspecified atom stereocenters. The molecule has 0 spiro atoms. The number of carboxylic acid groups (broad SMARTS) is 2. The minimum atomic E-state index is -1.82. The van der Waals surface area contributed by atoms with E-state index in [1.165, 1.54) is 5.56 Å². The maximum Gasteiger partial charge on any atom is 0.414 e. The van der Waals surface area contributed by atoms with Crippen LogP contribution in [0.4, 0.5) is 0 Å². The molecule has 0 radical (unpaired) electrons. The average molecular weight is 338 g/mol. The number of benzene rings is 1. The van der Waals surface area contributed by atoms with E-state index in [2.05, 4.69) is 47.5 Å². The molecule has 1 aliphatic heterocycles. The van der Waals surface area contributed by atoms with Crippen molar-refractivity contribution in [2.45, 2.75) is 12.8 Å². The SMILES string of the molecule is CC(CNCCN1CCOCC1)c1ccccc1.O=C(O)C(=O)O. The normalized spacial score (nSPS) is 15.9. The lowest BCUT2D eigenvalue weighted by Gasteiger charge is -2.26. The maximum atomic E-state index is 9.10. The van der Waals surface area contributed by atoms with Crippen molar-refractivity contribution in [1.29, 1.82) is 0 Å². The molecule has 0 aliphatic carbocycles. The fourth-order valence-electron chi connectivity index (χ4n) is 2.28. The van der Waals surface area contributed by atoms with Crippen molar-refractivity contribution in [3.8, 4) is 0 Å². The van der Waals surface area contributed by atoms with Gasteiger partial charge in [0.15, 0.2) is 0 Å². The molecule has 1 heterocycles. The van der Waals surface area contributed by atoms with Gasteiger partial charge >= 0.3 is 11.9 Å². The Morgan fingerprint density at radius 3 is 2.29 bits per heavy atom. The number of aliphatic carboxylic acids is 2. The number of ether oxygens (including phenoxy) is 1. The van der Waals surface area contributed by atoms with Crippen LogP contribution in [0.3, 0.4) is 0 Å². The molecule has 134 valence electrons. The van der Waals surface area contributed by atoms with Gasteiger partial charge in [0.25, 0.3) is 0 Å². The van der Waals surface area contributed by atoms with Gasteiger partial charge in [0.1, 0.15) is 0 Å². The largest absolute Gasteiger partial charge is 0.473 e. The zero-order valence-corrected chi connectivity index (χ0v) is 14.0. The number of hydrogen-bond acceptors (Lipinski definition) is 5. The quantitative estimate of drug-likeness (QED) is 0.523. The number of nitrogens with one attached hydrogen (secondary N) is 1. The predicted octanol–water partition coefficient (Wildman–Crippen LogP) is 0.868. The number of hydrogen-bond donors (Lipinski definition) is 3. The van der Waals surface area contributed by atoms with Gasteiger partial charge in [-0.3, -0.25) is 4.90 Å². The third kappa shape index (κ3) is 8.61. The lowest BCUT2D eigenvalue weighted by atomic mass is 10.0. The molecule has 0 bridgehead atoms. The van der Waals surface area contributed by atoms with Crippen molar-refractivity contribution in [3.63, 3.8) is 0 Å². The Labute approximate surface area is 142 Å². The van der Waals surface area contributed by atoms with Crippen LogP contribution in [0, 0.1) is 0 Å². The topological polar surface area (TPSA) is 99.1 Å². The molecule has 1 aromatic rings. The Hall–Kier alpha value is -1.96. The molecular formula is C17H26N2O5. The average Bonchev–Trinajstić information content (AvgIpc) is 2.60. The van der Waals surface area contributed by atoms with E-state index >= 15 is 0 Å². The molecule has 3 N–H and O–H groups in total. The highest BCUT2D eigenvalue weighted by atomic mass is 16.5. The molecule has 1 fully saturated rings. The van der Waals surface area contributed by atoms with E-state index in [1.54, 1.807) is 0 Å². The Morgan fingerprint density at radius 1 is 1.17 bits per heavy atom. The van der Waals surface area contributed by atoms with E-state index in [0.29, 0.717) is 5.92 Å². The monoisotopic (exact) mass is 338 g/mol. The van der Waals surface area contributed by atoms with Crippen LogP contribution in [0.1, 0.15) is 18.4 Å². The van der Waals surface area contributed by atoms with Gasteiger partial charge in [-0.25, -0.2) is 9.59 Å². The van der Waals surface area contributed by atoms with E-state index in [-0.39, 0.29) is 0 Å². The van der Waals surface area contributed by atoms with Gasteiger partial charge in [-0.2, -0.15) is 0 Å². The minimum Gasteiger partial charge on any atom is -0.473 e. The van der Waals surface area contributed by atoms with E-state index in [9.17, 15) is 0 Å². The van der Waals surface area contributed by atoms with Crippen molar-refractivity contribution in [2.75, 3.05) is 45.9 Å². The minimum absolute atomic E-state index is 0.580. The maximum absolute atomic E-state index is 9.10. The van der Waals surface area contributed by atoms with Gasteiger partial charge in [-0.1, -0.05) is 37.3 Å². The Bertz CT molecular complexity index is 477. The van der Waals surface area contributed by atoms with Crippen LogP contribution < -0.4 is 5.32 Å². The van der Waals surface area contributed by atoms with Crippen molar-refractivity contribution in [3.05, 3.63) is 35.9 Å². The molecule has 24 heavy (non-hydrogen) atoms. The molecule has 1 atom stereocenters. The van der Waals surface area contributed by atoms with Gasteiger partial charge in [-0.05, 0) is 11.5 Å². The molecule has 0 amide bonds. The van der Waals surface area contributed by atoms with Crippen molar-refractivity contribution in [1.82, 2.24) is 10.2 Å². The first-order valence-electron chi connectivity index (χ1n) is 8.02. The number of carbonyl (C=O) groups is 2. The number of morpholine rings is 1. The molecule has 7 nitrogen and oxygen atoms in total. The van der Waals surface area contributed by atoms with Crippen LogP contribution in [-0.2, 0) is 14.3 Å². The number of rotatable bonds is 6. The standard InChI is InChI=1S/C15H24N2O.C2H2O4/c1-14(15-5-3-2-4-6-15)13-16-7-8-17-9-11-18-12-10-17;3-1(4)2(5)6/h2-6,14,16H,7-13H2,1H3;(H,3,4)(H,5,6). The Kier molecular flexibility index (Phi) is 9.67. The third-order valence-electron chi connectivity index (χ3n) is 3.71. The van der Waals surface area contributed by atoms with Gasteiger partial charge in [0.2, 0.25) is 0 Å². The van der Waals surface area contributed by atoms with Crippen LogP contribution in [0.5, 0.6) is 0 Å². The summed E-state index contributed by atoms with van der Waals surface area (Å²) in [6, 6.07) is 10.7. The fourth-order valence-corrected chi connectivity index (χ4v) is 2.28. The summed E-state index contributed by atoms with van der Waals surface area (Å²) in [5.74, 6) is -3.07. The summed E-state index contributed by atoms with van der Waals surface area (Å²) in [5.41, 5.74) is 1.41. The van der Waals surface area contributed by atoms with E-state index in [1.807, 2.05) is 0 Å². The van der Waals surface area contributed by atoms with Crippen LogP contribution in [0.25, 0.3) is 0 Å². The lowest BCUT2D eigenvalue weighted by Crippen LogP contribution is -2.40. The molecule has 0 saturated carbocycles. The summed E-state index contributed by atoms with van der Waals surface area (Å²) in [6.07, 6.45) is 0. The fraction of sp³-hybridized carbons (Fsp3) is 0.529. The molecule has 1 aliphatic rings. The number of carboxylic acids is 2. The summed E-state index contributed by atoms with van der Waals surface area (Å²) >= 11 is 0. The van der Waals surface area contributed by atoms with Gasteiger partial charge in [0, 0.05) is 32.7 Å². The van der Waals surface area contributed by atoms with Crippen molar-refractivity contribution < 1.29 is 24.5 Å². The van der Waals surface area contributed by atoms with Crippen LogP contribution >= 0.6 is 0 Å². The Balaban J connectivity index is 0.000000413. The van der Waals surface area contributed by atoms with Crippen molar-refractivity contribution >= 4 is 11.9 Å². The zero-order chi connectivity index (χ0) is 17.8. The molecule has 1 saturated heterocycles. The second-order valence-corrected chi connectivity index (χ2v) is 5.58. The van der Waals surface area contributed by atoms with Gasteiger partial charge in [-0.15, -0.1) is 0 Å². The smallest absolute Gasteiger partial charge is 0.414 e.